The second-order valence-electron chi connectivity index (χ2n) is 5.37. The molecular formula is C18H17ClN2O4. The maximum atomic E-state index is 12.2. The van der Waals surface area contributed by atoms with Gasteiger partial charge in [-0.3, -0.25) is 9.59 Å². The molecule has 25 heavy (non-hydrogen) atoms. The zero-order chi connectivity index (χ0) is 18.6. The van der Waals surface area contributed by atoms with Gasteiger partial charge in [-0.15, -0.1) is 0 Å². The minimum absolute atomic E-state index is 0.183. The number of carbonyl (C=O) groups is 3. The number of ether oxygens (including phenoxy) is 1. The summed E-state index contributed by atoms with van der Waals surface area (Å²) < 4.78 is 5.13. The third-order valence-electron chi connectivity index (χ3n) is 3.45. The molecule has 2 rings (SSSR count). The molecule has 0 unspecified atom stereocenters. The number of ketones is 1. The SMILES string of the molecule is CC(=O)c1ccccc1NC(=O)[C@H](C)OC(=O)c1ccc(Cl)c(N)c1. The Kier molecular flexibility index (Phi) is 5.77. The molecule has 2 aromatic rings. The number of Topliss-reactive ketones (excluding diaryl/α,β-unsaturated/α-hetero) is 1. The normalized spacial score (nSPS) is 11.5. The fourth-order valence-electron chi connectivity index (χ4n) is 2.09. The van der Waals surface area contributed by atoms with Crippen molar-refractivity contribution in [2.45, 2.75) is 20.0 Å². The molecule has 0 aliphatic carbocycles. The molecule has 0 saturated heterocycles. The lowest BCUT2D eigenvalue weighted by molar-refractivity contribution is -0.123. The zero-order valence-corrected chi connectivity index (χ0v) is 14.5. The highest BCUT2D eigenvalue weighted by Crippen LogP contribution is 2.20. The average Bonchev–Trinajstić information content (AvgIpc) is 2.57. The van der Waals surface area contributed by atoms with E-state index in [-0.39, 0.29) is 17.0 Å². The van der Waals surface area contributed by atoms with Gasteiger partial charge in [0, 0.05) is 5.56 Å². The average molecular weight is 361 g/mol. The third-order valence-corrected chi connectivity index (χ3v) is 3.79. The quantitative estimate of drug-likeness (QED) is 0.484. The molecule has 0 aliphatic rings. The first kappa shape index (κ1) is 18.5. The van der Waals surface area contributed by atoms with Gasteiger partial charge in [0.25, 0.3) is 5.91 Å². The largest absolute Gasteiger partial charge is 0.449 e. The number of para-hydroxylation sites is 1. The molecule has 0 aliphatic heterocycles. The molecule has 1 atom stereocenters. The maximum Gasteiger partial charge on any atom is 0.338 e. The summed E-state index contributed by atoms with van der Waals surface area (Å²) in [5.74, 6) is -1.44. The van der Waals surface area contributed by atoms with Gasteiger partial charge in [-0.1, -0.05) is 23.7 Å². The lowest BCUT2D eigenvalue weighted by Gasteiger charge is -2.15. The lowest BCUT2D eigenvalue weighted by atomic mass is 10.1. The van der Waals surface area contributed by atoms with Crippen molar-refractivity contribution < 1.29 is 19.1 Å². The van der Waals surface area contributed by atoms with Crippen LogP contribution < -0.4 is 11.1 Å². The van der Waals surface area contributed by atoms with E-state index in [1.807, 2.05) is 0 Å². The smallest absolute Gasteiger partial charge is 0.338 e. The first-order valence-electron chi connectivity index (χ1n) is 7.46. The summed E-state index contributed by atoms with van der Waals surface area (Å²) in [7, 11) is 0. The minimum atomic E-state index is -1.07. The summed E-state index contributed by atoms with van der Waals surface area (Å²) in [5.41, 5.74) is 6.81. The molecule has 0 aromatic heterocycles. The Hall–Kier alpha value is -2.86. The highest BCUT2D eigenvalue weighted by Gasteiger charge is 2.20. The monoisotopic (exact) mass is 360 g/mol. The van der Waals surface area contributed by atoms with Gasteiger partial charge in [-0.25, -0.2) is 4.79 Å². The van der Waals surface area contributed by atoms with Gasteiger partial charge in [0.1, 0.15) is 0 Å². The van der Waals surface area contributed by atoms with E-state index < -0.39 is 18.0 Å². The van der Waals surface area contributed by atoms with Crippen molar-refractivity contribution in [3.8, 4) is 0 Å². The van der Waals surface area contributed by atoms with Crippen LogP contribution in [-0.4, -0.2) is 23.8 Å². The lowest BCUT2D eigenvalue weighted by Crippen LogP contribution is -2.30. The topological polar surface area (TPSA) is 98.5 Å². The van der Waals surface area contributed by atoms with E-state index in [1.54, 1.807) is 24.3 Å². The Morgan fingerprint density at radius 2 is 1.84 bits per heavy atom. The Balaban J connectivity index is 2.06. The van der Waals surface area contributed by atoms with Crippen LogP contribution >= 0.6 is 11.6 Å². The number of nitrogens with one attached hydrogen (secondary N) is 1. The Morgan fingerprint density at radius 1 is 1.16 bits per heavy atom. The second kappa shape index (κ2) is 7.81. The van der Waals surface area contributed by atoms with Gasteiger partial charge < -0.3 is 15.8 Å². The number of hydrogen-bond donors (Lipinski definition) is 2. The van der Waals surface area contributed by atoms with Crippen LogP contribution in [0.2, 0.25) is 5.02 Å². The highest BCUT2D eigenvalue weighted by molar-refractivity contribution is 6.33. The Morgan fingerprint density at radius 3 is 2.48 bits per heavy atom. The predicted octanol–water partition coefficient (Wildman–Crippen LogP) is 3.31. The molecule has 0 bridgehead atoms. The van der Waals surface area contributed by atoms with Crippen LogP contribution in [0.25, 0.3) is 0 Å². The molecule has 0 heterocycles. The van der Waals surface area contributed by atoms with Crippen molar-refractivity contribution in [3.63, 3.8) is 0 Å². The number of nitrogens with two attached hydrogens (primary N) is 1. The Bertz CT molecular complexity index is 836. The van der Waals surface area contributed by atoms with Crippen LogP contribution in [0.1, 0.15) is 34.6 Å². The van der Waals surface area contributed by atoms with Gasteiger partial charge in [-0.2, -0.15) is 0 Å². The number of halogens is 1. The number of rotatable bonds is 5. The molecule has 2 aromatic carbocycles. The van der Waals surface area contributed by atoms with Crippen molar-refractivity contribution in [1.29, 1.82) is 0 Å². The molecule has 3 N–H and O–H groups in total. The number of amides is 1. The second-order valence-corrected chi connectivity index (χ2v) is 5.78. The summed E-state index contributed by atoms with van der Waals surface area (Å²) in [6.07, 6.45) is -1.07. The van der Waals surface area contributed by atoms with Crippen LogP contribution in [-0.2, 0) is 9.53 Å². The third kappa shape index (κ3) is 4.58. The highest BCUT2D eigenvalue weighted by atomic mass is 35.5. The number of benzene rings is 2. The number of esters is 1. The molecule has 1 amide bonds. The molecule has 130 valence electrons. The molecule has 0 fully saturated rings. The molecule has 0 radical (unpaired) electrons. The molecule has 0 spiro atoms. The van der Waals surface area contributed by atoms with Crippen LogP contribution in [0, 0.1) is 0 Å². The maximum absolute atomic E-state index is 12.2. The predicted molar refractivity (Wildman–Crippen MR) is 95.8 cm³/mol. The molecule has 6 nitrogen and oxygen atoms in total. The van der Waals surface area contributed by atoms with Gasteiger partial charge in [0.05, 0.1) is 22.0 Å². The van der Waals surface area contributed by atoms with Crippen molar-refractivity contribution in [3.05, 3.63) is 58.6 Å². The number of carbonyl (C=O) groups excluding carboxylic acids is 3. The van der Waals surface area contributed by atoms with Gasteiger partial charge in [0.15, 0.2) is 11.9 Å². The number of nitrogen functional groups attached to an aromatic ring is 1. The van der Waals surface area contributed by atoms with Crippen molar-refractivity contribution >= 4 is 40.6 Å². The van der Waals surface area contributed by atoms with Crippen molar-refractivity contribution in [2.24, 2.45) is 0 Å². The number of anilines is 2. The first-order chi connectivity index (χ1) is 11.8. The van der Waals surface area contributed by atoms with Crippen LogP contribution in [0.5, 0.6) is 0 Å². The Labute approximate surface area is 149 Å². The van der Waals surface area contributed by atoms with Crippen LogP contribution in [0.15, 0.2) is 42.5 Å². The van der Waals surface area contributed by atoms with Crippen molar-refractivity contribution in [2.75, 3.05) is 11.1 Å². The first-order valence-corrected chi connectivity index (χ1v) is 7.84. The van der Waals surface area contributed by atoms with E-state index in [2.05, 4.69) is 5.32 Å². The zero-order valence-electron chi connectivity index (χ0n) is 13.7. The summed E-state index contributed by atoms with van der Waals surface area (Å²) in [6.45, 7) is 2.84. The van der Waals surface area contributed by atoms with Gasteiger partial charge >= 0.3 is 5.97 Å². The van der Waals surface area contributed by atoms with E-state index in [9.17, 15) is 14.4 Å². The van der Waals surface area contributed by atoms with Crippen LogP contribution in [0.4, 0.5) is 11.4 Å². The molecule has 0 saturated carbocycles. The fraction of sp³-hybridized carbons (Fsp3) is 0.167. The van der Waals surface area contributed by atoms with E-state index in [0.717, 1.165) is 0 Å². The summed E-state index contributed by atoms with van der Waals surface area (Å²) >= 11 is 5.80. The van der Waals surface area contributed by atoms with Crippen LogP contribution in [0.3, 0.4) is 0 Å². The van der Waals surface area contributed by atoms with Crippen molar-refractivity contribution in [1.82, 2.24) is 0 Å². The standard InChI is InChI=1S/C18H17ClN2O4/c1-10(22)13-5-3-4-6-16(13)21-17(23)11(2)25-18(24)12-7-8-14(19)15(20)9-12/h3-9,11H,20H2,1-2H3,(H,21,23)/t11-/m0/s1. The van der Waals surface area contributed by atoms with E-state index in [1.165, 1.54) is 32.0 Å². The molecular weight excluding hydrogens is 344 g/mol. The minimum Gasteiger partial charge on any atom is -0.449 e. The summed E-state index contributed by atoms with van der Waals surface area (Å²) in [6, 6.07) is 10.9. The van der Waals surface area contributed by atoms with E-state index in [4.69, 9.17) is 22.1 Å². The van der Waals surface area contributed by atoms with Gasteiger partial charge in [-0.05, 0) is 44.2 Å². The van der Waals surface area contributed by atoms with E-state index >= 15 is 0 Å². The van der Waals surface area contributed by atoms with Gasteiger partial charge in [0.2, 0.25) is 0 Å². The number of hydrogen-bond acceptors (Lipinski definition) is 5. The fourth-order valence-corrected chi connectivity index (χ4v) is 2.20. The summed E-state index contributed by atoms with van der Waals surface area (Å²) in [4.78, 5) is 35.9. The van der Waals surface area contributed by atoms with E-state index in [0.29, 0.717) is 16.3 Å². The molecule has 7 heteroatoms. The summed E-state index contributed by atoms with van der Waals surface area (Å²) in [5, 5.41) is 2.91.